The largest absolute Gasteiger partial charge is 0.355 e. The van der Waals surface area contributed by atoms with Gasteiger partial charge in [0.25, 0.3) is 5.91 Å². The summed E-state index contributed by atoms with van der Waals surface area (Å²) in [5, 5.41) is 8.92. The zero-order valence-corrected chi connectivity index (χ0v) is 17.1. The normalized spacial score (nSPS) is 11.1. The van der Waals surface area contributed by atoms with Gasteiger partial charge >= 0.3 is 0 Å². The minimum absolute atomic E-state index is 0.0281. The molecule has 2 amide bonds. The Balaban J connectivity index is 1.45. The Morgan fingerprint density at radius 1 is 0.967 bits per heavy atom. The Morgan fingerprint density at radius 2 is 1.63 bits per heavy atom. The van der Waals surface area contributed by atoms with Crippen molar-refractivity contribution < 1.29 is 22.5 Å². The molecule has 9 heteroatoms. The molecule has 0 saturated heterocycles. The third-order valence-corrected chi connectivity index (χ3v) is 5.01. The molecule has 0 unspecified atom stereocenters. The summed E-state index contributed by atoms with van der Waals surface area (Å²) in [7, 11) is -3.09. The summed E-state index contributed by atoms with van der Waals surface area (Å²) in [6.07, 6.45) is 1.18. The average molecular weight is 427 g/mol. The number of rotatable bonds is 8. The topological polar surface area (TPSA) is 118 Å². The van der Waals surface area contributed by atoms with Gasteiger partial charge in [-0.2, -0.15) is 0 Å². The molecule has 8 nitrogen and oxygen atoms in total. The lowest BCUT2D eigenvalue weighted by Crippen LogP contribution is -2.36. The van der Waals surface area contributed by atoms with Crippen molar-refractivity contribution in [2.45, 2.75) is 12.3 Å². The first-order chi connectivity index (χ1) is 14.3. The molecule has 0 aliphatic rings. The Kier molecular flexibility index (Phi) is 6.63. The molecule has 0 radical (unpaired) electrons. The van der Waals surface area contributed by atoms with Crippen LogP contribution in [0.4, 0.5) is 0 Å². The maximum Gasteiger partial charge on any atom is 0.273 e. The summed E-state index contributed by atoms with van der Waals surface area (Å²) in [5.74, 6) is -0.444. The summed E-state index contributed by atoms with van der Waals surface area (Å²) < 4.78 is 27.8. The Bertz CT molecular complexity index is 1120. The predicted molar refractivity (Wildman–Crippen MR) is 111 cm³/mol. The zero-order chi connectivity index (χ0) is 21.6. The van der Waals surface area contributed by atoms with Crippen molar-refractivity contribution in [3.8, 4) is 11.3 Å². The van der Waals surface area contributed by atoms with Crippen molar-refractivity contribution >= 4 is 21.7 Å². The van der Waals surface area contributed by atoms with Gasteiger partial charge in [-0.25, -0.2) is 8.42 Å². The number of benzene rings is 2. The van der Waals surface area contributed by atoms with Crippen molar-refractivity contribution in [3.05, 3.63) is 77.5 Å². The van der Waals surface area contributed by atoms with E-state index in [4.69, 9.17) is 4.52 Å². The maximum absolute atomic E-state index is 12.2. The standard InChI is InChI=1S/C21H21N3O5S/c1-30(27,28)14-16-9-7-15(8-10-16)12-22-20(25)13-23-21(26)18-11-19(29-24-18)17-5-3-2-4-6-17/h2-11H,12-14H2,1H3,(H,22,25)(H,23,26). The summed E-state index contributed by atoms with van der Waals surface area (Å²) in [4.78, 5) is 24.1. The fraction of sp³-hybridized carbons (Fsp3) is 0.190. The van der Waals surface area contributed by atoms with Crippen molar-refractivity contribution in [1.82, 2.24) is 15.8 Å². The van der Waals surface area contributed by atoms with Crippen molar-refractivity contribution in [2.24, 2.45) is 0 Å². The SMILES string of the molecule is CS(=O)(=O)Cc1ccc(CNC(=O)CNC(=O)c2cc(-c3ccccc3)on2)cc1. The molecule has 1 aromatic heterocycles. The van der Waals surface area contributed by atoms with Crippen LogP contribution in [0.5, 0.6) is 0 Å². The number of nitrogens with zero attached hydrogens (tertiary/aromatic N) is 1. The number of carbonyl (C=O) groups excluding carboxylic acids is 2. The van der Waals surface area contributed by atoms with Crippen molar-refractivity contribution in [1.29, 1.82) is 0 Å². The number of aromatic nitrogens is 1. The lowest BCUT2D eigenvalue weighted by Gasteiger charge is -2.07. The van der Waals surface area contributed by atoms with Crippen molar-refractivity contribution in [2.75, 3.05) is 12.8 Å². The van der Waals surface area contributed by atoms with Gasteiger partial charge in [0, 0.05) is 24.4 Å². The van der Waals surface area contributed by atoms with E-state index in [1.807, 2.05) is 30.3 Å². The van der Waals surface area contributed by atoms with Gasteiger partial charge < -0.3 is 15.2 Å². The van der Waals surface area contributed by atoms with E-state index in [0.717, 1.165) is 11.1 Å². The molecule has 1 heterocycles. The van der Waals surface area contributed by atoms with E-state index >= 15 is 0 Å². The van der Waals surface area contributed by atoms with Crippen LogP contribution in [0, 0.1) is 0 Å². The van der Waals surface area contributed by atoms with Crippen molar-refractivity contribution in [3.63, 3.8) is 0 Å². The Hall–Kier alpha value is -3.46. The van der Waals surface area contributed by atoms with Gasteiger partial charge in [0.05, 0.1) is 12.3 Å². The molecular formula is C21H21N3O5S. The van der Waals surface area contributed by atoms with Crippen LogP contribution in [0.25, 0.3) is 11.3 Å². The van der Waals surface area contributed by atoms with Gasteiger partial charge in [-0.1, -0.05) is 59.8 Å². The second-order valence-electron chi connectivity index (χ2n) is 6.79. The van der Waals surface area contributed by atoms with Crippen LogP contribution in [0.3, 0.4) is 0 Å². The lowest BCUT2D eigenvalue weighted by atomic mass is 10.1. The highest BCUT2D eigenvalue weighted by atomic mass is 32.2. The van der Waals surface area contributed by atoms with Crippen LogP contribution >= 0.6 is 0 Å². The molecule has 2 aromatic carbocycles. The van der Waals surface area contributed by atoms with Crippen LogP contribution in [-0.4, -0.2) is 38.2 Å². The Labute approximate surface area is 174 Å². The monoisotopic (exact) mass is 427 g/mol. The highest BCUT2D eigenvalue weighted by molar-refractivity contribution is 7.89. The van der Waals surface area contributed by atoms with E-state index < -0.39 is 15.7 Å². The molecule has 30 heavy (non-hydrogen) atoms. The summed E-state index contributed by atoms with van der Waals surface area (Å²) in [6.45, 7) is 0.0501. The van der Waals surface area contributed by atoms with Gasteiger partial charge in [0.15, 0.2) is 21.3 Å². The number of sulfone groups is 1. The molecule has 3 rings (SSSR count). The minimum Gasteiger partial charge on any atom is -0.355 e. The van der Waals surface area contributed by atoms with Crippen LogP contribution in [0.1, 0.15) is 21.6 Å². The van der Waals surface area contributed by atoms with Gasteiger partial charge in [0.1, 0.15) is 0 Å². The van der Waals surface area contributed by atoms with Gasteiger partial charge in [0.2, 0.25) is 5.91 Å². The second-order valence-corrected chi connectivity index (χ2v) is 8.93. The van der Waals surface area contributed by atoms with E-state index in [2.05, 4.69) is 15.8 Å². The number of nitrogens with one attached hydrogen (secondary N) is 2. The van der Waals surface area contributed by atoms with Crippen LogP contribution in [0.15, 0.2) is 65.2 Å². The van der Waals surface area contributed by atoms with E-state index in [0.29, 0.717) is 11.3 Å². The van der Waals surface area contributed by atoms with Crippen LogP contribution < -0.4 is 10.6 Å². The number of hydrogen-bond acceptors (Lipinski definition) is 6. The molecule has 0 spiro atoms. The first-order valence-electron chi connectivity index (χ1n) is 9.13. The molecular weight excluding hydrogens is 406 g/mol. The molecule has 0 atom stereocenters. The summed E-state index contributed by atoms with van der Waals surface area (Å²) in [6, 6.07) is 17.7. The molecule has 2 N–H and O–H groups in total. The van der Waals surface area contributed by atoms with Crippen LogP contribution in [0.2, 0.25) is 0 Å². The number of hydrogen-bond donors (Lipinski definition) is 2. The van der Waals surface area contributed by atoms with E-state index in [1.165, 1.54) is 12.3 Å². The van der Waals surface area contributed by atoms with E-state index in [9.17, 15) is 18.0 Å². The molecule has 0 bridgehead atoms. The van der Waals surface area contributed by atoms with Gasteiger partial charge in [-0.05, 0) is 11.1 Å². The zero-order valence-electron chi connectivity index (χ0n) is 16.3. The smallest absolute Gasteiger partial charge is 0.273 e. The molecule has 156 valence electrons. The average Bonchev–Trinajstić information content (AvgIpc) is 3.21. The van der Waals surface area contributed by atoms with E-state index in [1.54, 1.807) is 24.3 Å². The highest BCUT2D eigenvalue weighted by Gasteiger charge is 2.14. The third kappa shape index (κ3) is 6.28. The molecule has 0 fully saturated rings. The minimum atomic E-state index is -3.09. The first kappa shape index (κ1) is 21.3. The van der Waals surface area contributed by atoms with Gasteiger partial charge in [-0.15, -0.1) is 0 Å². The third-order valence-electron chi connectivity index (χ3n) is 4.15. The molecule has 0 aliphatic carbocycles. The highest BCUT2D eigenvalue weighted by Crippen LogP contribution is 2.19. The second kappa shape index (κ2) is 9.36. The molecule has 0 saturated carbocycles. The summed E-state index contributed by atoms with van der Waals surface area (Å²) >= 11 is 0. The van der Waals surface area contributed by atoms with Gasteiger partial charge in [-0.3, -0.25) is 9.59 Å². The van der Waals surface area contributed by atoms with Crippen LogP contribution in [-0.2, 0) is 26.9 Å². The number of amides is 2. The number of carbonyl (C=O) groups is 2. The Morgan fingerprint density at radius 3 is 2.30 bits per heavy atom. The first-order valence-corrected chi connectivity index (χ1v) is 11.2. The fourth-order valence-electron chi connectivity index (χ4n) is 2.69. The molecule has 0 aliphatic heterocycles. The fourth-order valence-corrected chi connectivity index (χ4v) is 3.49. The maximum atomic E-state index is 12.2. The molecule has 3 aromatic rings. The lowest BCUT2D eigenvalue weighted by molar-refractivity contribution is -0.120. The van der Waals surface area contributed by atoms with E-state index in [-0.39, 0.29) is 30.4 Å². The quantitative estimate of drug-likeness (QED) is 0.567. The summed E-state index contributed by atoms with van der Waals surface area (Å²) in [5.41, 5.74) is 2.38. The predicted octanol–water partition coefficient (Wildman–Crippen LogP) is 1.93.